The van der Waals surface area contributed by atoms with Crippen molar-refractivity contribution in [2.75, 3.05) is 27.2 Å². The first-order chi connectivity index (χ1) is 8.08. The Balaban J connectivity index is 1.74. The lowest BCUT2D eigenvalue weighted by Crippen LogP contribution is -2.40. The zero-order valence-electron chi connectivity index (χ0n) is 10.6. The SMILES string of the molecule is CN(C)C(=O)CCN1CCC(NC2CC2)C1=O. The first-order valence-corrected chi connectivity index (χ1v) is 6.33. The van der Waals surface area contributed by atoms with Gasteiger partial charge in [0.15, 0.2) is 0 Å². The van der Waals surface area contributed by atoms with Gasteiger partial charge in [-0.05, 0) is 19.3 Å². The summed E-state index contributed by atoms with van der Waals surface area (Å²) >= 11 is 0. The van der Waals surface area contributed by atoms with Crippen LogP contribution in [0, 0.1) is 0 Å². The van der Waals surface area contributed by atoms with Gasteiger partial charge in [0.05, 0.1) is 6.04 Å². The Bertz CT molecular complexity index is 313. The molecule has 1 aliphatic heterocycles. The molecule has 0 aromatic heterocycles. The molecule has 0 bridgehead atoms. The van der Waals surface area contributed by atoms with Gasteiger partial charge in [-0.3, -0.25) is 9.59 Å². The highest BCUT2D eigenvalue weighted by Gasteiger charge is 2.35. The van der Waals surface area contributed by atoms with Crippen LogP contribution in [0.4, 0.5) is 0 Å². The second-order valence-corrected chi connectivity index (χ2v) is 5.15. The van der Waals surface area contributed by atoms with Crippen LogP contribution in [0.15, 0.2) is 0 Å². The second kappa shape index (κ2) is 5.04. The molecule has 1 atom stereocenters. The van der Waals surface area contributed by atoms with Crippen LogP contribution in [-0.2, 0) is 9.59 Å². The number of rotatable bonds is 5. The van der Waals surface area contributed by atoms with Crippen LogP contribution >= 0.6 is 0 Å². The molecule has 1 unspecified atom stereocenters. The lowest BCUT2D eigenvalue weighted by atomic mass is 10.2. The Morgan fingerprint density at radius 3 is 2.71 bits per heavy atom. The topological polar surface area (TPSA) is 52.7 Å². The van der Waals surface area contributed by atoms with Crippen LogP contribution in [0.1, 0.15) is 25.7 Å². The Morgan fingerprint density at radius 2 is 2.12 bits per heavy atom. The highest BCUT2D eigenvalue weighted by atomic mass is 16.2. The second-order valence-electron chi connectivity index (χ2n) is 5.15. The number of amides is 2. The summed E-state index contributed by atoms with van der Waals surface area (Å²) in [6.45, 7) is 1.34. The third-order valence-corrected chi connectivity index (χ3v) is 3.41. The van der Waals surface area contributed by atoms with Gasteiger partial charge in [-0.1, -0.05) is 0 Å². The molecule has 1 saturated carbocycles. The van der Waals surface area contributed by atoms with Gasteiger partial charge in [0.1, 0.15) is 0 Å². The molecule has 0 aromatic carbocycles. The van der Waals surface area contributed by atoms with E-state index in [2.05, 4.69) is 5.32 Å². The van der Waals surface area contributed by atoms with Crippen LogP contribution in [0.2, 0.25) is 0 Å². The summed E-state index contributed by atoms with van der Waals surface area (Å²) < 4.78 is 0. The van der Waals surface area contributed by atoms with E-state index in [-0.39, 0.29) is 17.9 Å². The van der Waals surface area contributed by atoms with Crippen LogP contribution in [-0.4, -0.2) is 60.9 Å². The summed E-state index contributed by atoms with van der Waals surface area (Å²) in [6.07, 6.45) is 3.70. The minimum absolute atomic E-state index is 0.00282. The molecule has 2 amide bonds. The van der Waals surface area contributed by atoms with E-state index < -0.39 is 0 Å². The van der Waals surface area contributed by atoms with Gasteiger partial charge in [0.2, 0.25) is 11.8 Å². The van der Waals surface area contributed by atoms with E-state index in [1.807, 2.05) is 0 Å². The monoisotopic (exact) mass is 239 g/mol. The van der Waals surface area contributed by atoms with E-state index >= 15 is 0 Å². The van der Waals surface area contributed by atoms with Crippen LogP contribution in [0.5, 0.6) is 0 Å². The summed E-state index contributed by atoms with van der Waals surface area (Å²) in [5.74, 6) is 0.250. The predicted molar refractivity (Wildman–Crippen MR) is 64.5 cm³/mol. The molecular formula is C12H21N3O2. The zero-order chi connectivity index (χ0) is 12.4. The fourth-order valence-corrected chi connectivity index (χ4v) is 2.10. The molecule has 17 heavy (non-hydrogen) atoms. The van der Waals surface area contributed by atoms with Gasteiger partial charge in [0, 0.05) is 39.6 Å². The third-order valence-electron chi connectivity index (χ3n) is 3.41. The largest absolute Gasteiger partial charge is 0.349 e. The lowest BCUT2D eigenvalue weighted by Gasteiger charge is -2.18. The van der Waals surface area contributed by atoms with Gasteiger partial charge >= 0.3 is 0 Å². The average Bonchev–Trinajstić information content (AvgIpc) is 3.03. The molecule has 2 rings (SSSR count). The van der Waals surface area contributed by atoms with Crippen molar-refractivity contribution >= 4 is 11.8 Å². The number of nitrogens with one attached hydrogen (secondary N) is 1. The smallest absolute Gasteiger partial charge is 0.239 e. The molecule has 5 heteroatoms. The standard InChI is InChI=1S/C12H21N3O2/c1-14(2)11(16)6-8-15-7-5-10(12(15)17)13-9-3-4-9/h9-10,13H,3-8H2,1-2H3. The number of hydrogen-bond donors (Lipinski definition) is 1. The highest BCUT2D eigenvalue weighted by molar-refractivity contribution is 5.84. The van der Waals surface area contributed by atoms with Crippen LogP contribution in [0.3, 0.4) is 0 Å². The molecule has 0 spiro atoms. The fourth-order valence-electron chi connectivity index (χ4n) is 2.10. The van der Waals surface area contributed by atoms with E-state index in [9.17, 15) is 9.59 Å². The minimum atomic E-state index is -0.00282. The zero-order valence-corrected chi connectivity index (χ0v) is 10.6. The van der Waals surface area contributed by atoms with Gasteiger partial charge in [-0.25, -0.2) is 0 Å². The van der Waals surface area contributed by atoms with E-state index in [4.69, 9.17) is 0 Å². The Kier molecular flexibility index (Phi) is 3.66. The number of carbonyl (C=O) groups is 2. The maximum atomic E-state index is 12.0. The number of carbonyl (C=O) groups excluding carboxylic acids is 2. The summed E-state index contributed by atoms with van der Waals surface area (Å²) in [7, 11) is 3.48. The summed E-state index contributed by atoms with van der Waals surface area (Å²) in [6, 6.07) is 0.560. The van der Waals surface area contributed by atoms with Crippen molar-refractivity contribution in [3.63, 3.8) is 0 Å². The fraction of sp³-hybridized carbons (Fsp3) is 0.833. The maximum absolute atomic E-state index is 12.0. The van der Waals surface area contributed by atoms with Crippen molar-refractivity contribution in [3.8, 4) is 0 Å². The van der Waals surface area contributed by atoms with Gasteiger partial charge in [0.25, 0.3) is 0 Å². The average molecular weight is 239 g/mol. The molecular weight excluding hydrogens is 218 g/mol. The van der Waals surface area contributed by atoms with E-state index in [1.165, 1.54) is 12.8 Å². The van der Waals surface area contributed by atoms with E-state index in [0.29, 0.717) is 19.0 Å². The summed E-state index contributed by atoms with van der Waals surface area (Å²) in [5.41, 5.74) is 0. The molecule has 1 N–H and O–H groups in total. The quantitative estimate of drug-likeness (QED) is 0.724. The molecule has 96 valence electrons. The first kappa shape index (κ1) is 12.4. The molecule has 1 heterocycles. The Hall–Kier alpha value is -1.10. The molecule has 2 aliphatic rings. The van der Waals surface area contributed by atoms with Crippen molar-refractivity contribution in [2.24, 2.45) is 0 Å². The highest BCUT2D eigenvalue weighted by Crippen LogP contribution is 2.22. The summed E-state index contributed by atoms with van der Waals surface area (Å²) in [4.78, 5) is 26.8. The summed E-state index contributed by atoms with van der Waals surface area (Å²) in [5, 5.41) is 3.36. The Labute approximate surface area is 102 Å². The van der Waals surface area contributed by atoms with E-state index in [1.54, 1.807) is 23.9 Å². The number of nitrogens with zero attached hydrogens (tertiary/aromatic N) is 2. The number of hydrogen-bond acceptors (Lipinski definition) is 3. The van der Waals surface area contributed by atoms with Crippen molar-refractivity contribution in [1.29, 1.82) is 0 Å². The molecule has 1 aliphatic carbocycles. The number of likely N-dealkylation sites (tertiary alicyclic amines) is 1. The molecule has 1 saturated heterocycles. The maximum Gasteiger partial charge on any atom is 0.239 e. The van der Waals surface area contributed by atoms with E-state index in [0.717, 1.165) is 13.0 Å². The molecule has 2 fully saturated rings. The molecule has 5 nitrogen and oxygen atoms in total. The minimum Gasteiger partial charge on any atom is -0.349 e. The van der Waals surface area contributed by atoms with Crippen LogP contribution in [0.25, 0.3) is 0 Å². The van der Waals surface area contributed by atoms with Gasteiger partial charge < -0.3 is 15.1 Å². The van der Waals surface area contributed by atoms with Crippen molar-refractivity contribution < 1.29 is 9.59 Å². The van der Waals surface area contributed by atoms with Gasteiger partial charge in [-0.2, -0.15) is 0 Å². The predicted octanol–water partition coefficient (Wildman–Crippen LogP) is -0.182. The van der Waals surface area contributed by atoms with Crippen molar-refractivity contribution in [2.45, 2.75) is 37.8 Å². The Morgan fingerprint density at radius 1 is 1.41 bits per heavy atom. The molecule has 0 radical (unpaired) electrons. The lowest BCUT2D eigenvalue weighted by molar-refractivity contribution is -0.132. The normalized spacial score (nSPS) is 24.2. The first-order valence-electron chi connectivity index (χ1n) is 6.33. The molecule has 0 aromatic rings. The van der Waals surface area contributed by atoms with Crippen molar-refractivity contribution in [1.82, 2.24) is 15.1 Å². The van der Waals surface area contributed by atoms with Crippen molar-refractivity contribution in [3.05, 3.63) is 0 Å². The van der Waals surface area contributed by atoms with Gasteiger partial charge in [-0.15, -0.1) is 0 Å². The third kappa shape index (κ3) is 3.19. The van der Waals surface area contributed by atoms with Crippen LogP contribution < -0.4 is 5.32 Å².